The van der Waals surface area contributed by atoms with Crippen LogP contribution >= 0.6 is 0 Å². The fourth-order valence-electron chi connectivity index (χ4n) is 1.50. The molecule has 0 aromatic carbocycles. The highest BCUT2D eigenvalue weighted by molar-refractivity contribution is 5.97. The summed E-state index contributed by atoms with van der Waals surface area (Å²) in [6.07, 6.45) is 0. The number of fused-ring (bicyclic) bond motifs is 1. The second kappa shape index (κ2) is 4.11. The van der Waals surface area contributed by atoms with Crippen molar-refractivity contribution in [3.8, 4) is 11.1 Å². The summed E-state index contributed by atoms with van der Waals surface area (Å²) >= 11 is 0. The molecule has 1 N–H and O–H groups in total. The first-order chi connectivity index (χ1) is 7.31. The quantitative estimate of drug-likeness (QED) is 0.755. The van der Waals surface area contributed by atoms with Crippen molar-refractivity contribution in [2.45, 2.75) is 0 Å². The first kappa shape index (κ1) is 9.68. The van der Waals surface area contributed by atoms with Crippen LogP contribution in [-0.2, 0) is 4.84 Å². The summed E-state index contributed by atoms with van der Waals surface area (Å²) in [7, 11) is 1.42. The van der Waals surface area contributed by atoms with Crippen molar-refractivity contribution >= 4 is 5.91 Å². The highest BCUT2D eigenvalue weighted by atomic mass is 16.6. The maximum atomic E-state index is 11.5. The maximum Gasteiger partial charge on any atom is 0.274 e. The maximum absolute atomic E-state index is 11.5. The molecule has 0 spiro atoms. The van der Waals surface area contributed by atoms with Crippen LogP contribution in [0.25, 0.3) is 11.1 Å². The predicted molar refractivity (Wildman–Crippen MR) is 57.5 cm³/mol. The van der Waals surface area contributed by atoms with Gasteiger partial charge in [-0.1, -0.05) is 30.3 Å². The molecule has 0 heterocycles. The predicted octanol–water partition coefficient (Wildman–Crippen LogP) is 2.08. The molecule has 0 aromatic heterocycles. The number of carbonyl (C=O) groups is 1. The van der Waals surface area contributed by atoms with Gasteiger partial charge in [-0.3, -0.25) is 9.63 Å². The van der Waals surface area contributed by atoms with Crippen molar-refractivity contribution in [1.82, 2.24) is 5.48 Å². The molecule has 0 aromatic rings. The molecule has 2 aliphatic carbocycles. The van der Waals surface area contributed by atoms with Gasteiger partial charge in [0, 0.05) is 5.56 Å². The number of amides is 1. The number of carbonyl (C=O) groups excluding carboxylic acids is 1. The first-order valence-corrected chi connectivity index (χ1v) is 4.63. The van der Waals surface area contributed by atoms with E-state index in [1.165, 1.54) is 7.11 Å². The van der Waals surface area contributed by atoms with Crippen LogP contribution in [0.3, 0.4) is 0 Å². The topological polar surface area (TPSA) is 38.3 Å². The van der Waals surface area contributed by atoms with Gasteiger partial charge in [0.15, 0.2) is 0 Å². The highest BCUT2D eigenvalue weighted by Gasteiger charge is 2.10. The number of hydroxylamine groups is 1. The fraction of sp³-hybridized carbons (Fsp3) is 0.0833. The van der Waals surface area contributed by atoms with Crippen LogP contribution in [0.2, 0.25) is 0 Å². The highest BCUT2D eigenvalue weighted by Crippen LogP contribution is 2.24. The average molecular weight is 201 g/mol. The third kappa shape index (κ3) is 1.97. The summed E-state index contributed by atoms with van der Waals surface area (Å²) in [5.41, 5.74) is 4.99. The van der Waals surface area contributed by atoms with Crippen LogP contribution in [0.5, 0.6) is 0 Å². The molecule has 3 heteroatoms. The Morgan fingerprint density at radius 2 is 1.73 bits per heavy atom. The van der Waals surface area contributed by atoms with Crippen LogP contribution in [0.1, 0.15) is 10.4 Å². The second-order valence-electron chi connectivity index (χ2n) is 3.20. The lowest BCUT2D eigenvalue weighted by atomic mass is 10.2. The lowest BCUT2D eigenvalue weighted by molar-refractivity contribution is 0.0538. The molecule has 0 saturated heterocycles. The van der Waals surface area contributed by atoms with Gasteiger partial charge >= 0.3 is 0 Å². The third-order valence-corrected chi connectivity index (χ3v) is 2.19. The SMILES string of the molecule is CONC(=O)c1cc2cccccc-2c1. The van der Waals surface area contributed by atoms with E-state index in [2.05, 4.69) is 10.3 Å². The van der Waals surface area contributed by atoms with E-state index in [1.54, 1.807) is 0 Å². The summed E-state index contributed by atoms with van der Waals surface area (Å²) in [5.74, 6) is -0.226. The van der Waals surface area contributed by atoms with E-state index in [0.717, 1.165) is 11.1 Å². The van der Waals surface area contributed by atoms with Crippen molar-refractivity contribution in [1.29, 1.82) is 0 Å². The third-order valence-electron chi connectivity index (χ3n) is 2.19. The minimum atomic E-state index is -0.226. The van der Waals surface area contributed by atoms with E-state index >= 15 is 0 Å². The van der Waals surface area contributed by atoms with Crippen LogP contribution in [0, 0.1) is 0 Å². The Labute approximate surface area is 88.0 Å². The van der Waals surface area contributed by atoms with Gasteiger partial charge in [0.1, 0.15) is 0 Å². The molecule has 0 aliphatic heterocycles. The van der Waals surface area contributed by atoms with Gasteiger partial charge in [0.25, 0.3) is 5.91 Å². The van der Waals surface area contributed by atoms with E-state index in [9.17, 15) is 4.79 Å². The van der Waals surface area contributed by atoms with Gasteiger partial charge in [-0.15, -0.1) is 0 Å². The molecule has 0 bridgehead atoms. The Hall–Kier alpha value is -1.87. The molecule has 1 amide bonds. The van der Waals surface area contributed by atoms with Gasteiger partial charge < -0.3 is 0 Å². The number of hydrogen-bond donors (Lipinski definition) is 1. The van der Waals surface area contributed by atoms with Gasteiger partial charge in [-0.05, 0) is 23.3 Å². The van der Waals surface area contributed by atoms with Gasteiger partial charge in [0.2, 0.25) is 0 Å². The smallest absolute Gasteiger partial charge is 0.274 e. The molecule has 15 heavy (non-hydrogen) atoms. The summed E-state index contributed by atoms with van der Waals surface area (Å²) < 4.78 is 0. The van der Waals surface area contributed by atoms with E-state index < -0.39 is 0 Å². The van der Waals surface area contributed by atoms with Gasteiger partial charge in [-0.2, -0.15) is 0 Å². The van der Waals surface area contributed by atoms with Crippen molar-refractivity contribution < 1.29 is 9.63 Å². The Balaban J connectivity index is 2.40. The molecule has 76 valence electrons. The molecule has 0 unspecified atom stereocenters. The lowest BCUT2D eigenvalue weighted by Crippen LogP contribution is -2.20. The Bertz CT molecular complexity index is 423. The van der Waals surface area contributed by atoms with Crippen LogP contribution in [0.4, 0.5) is 0 Å². The molecule has 2 rings (SSSR count). The molecule has 2 aliphatic rings. The standard InChI is InChI=1S/C12H11NO2/c1-15-13-12(14)11-7-9-5-3-2-4-6-10(9)8-11/h2-8H,1H3,(H,13,14). The minimum Gasteiger partial charge on any atom is -0.277 e. The lowest BCUT2D eigenvalue weighted by Gasteiger charge is -1.96. The zero-order chi connectivity index (χ0) is 10.7. The van der Waals surface area contributed by atoms with E-state index in [0.29, 0.717) is 5.56 Å². The largest absolute Gasteiger partial charge is 0.277 e. The van der Waals surface area contributed by atoms with Gasteiger partial charge in [0.05, 0.1) is 7.11 Å². The number of hydrogen-bond acceptors (Lipinski definition) is 2. The number of nitrogens with one attached hydrogen (secondary N) is 1. The summed E-state index contributed by atoms with van der Waals surface area (Å²) in [6.45, 7) is 0. The van der Waals surface area contributed by atoms with Crippen molar-refractivity contribution in [3.63, 3.8) is 0 Å². The average Bonchev–Trinajstić information content (AvgIpc) is 2.51. The normalized spacial score (nSPS) is 10.2. The molecular formula is C12H11NO2. The minimum absolute atomic E-state index is 0.226. The van der Waals surface area contributed by atoms with E-state index in [4.69, 9.17) is 0 Å². The molecule has 3 nitrogen and oxygen atoms in total. The van der Waals surface area contributed by atoms with E-state index in [1.807, 2.05) is 42.5 Å². The zero-order valence-corrected chi connectivity index (χ0v) is 8.36. The van der Waals surface area contributed by atoms with E-state index in [-0.39, 0.29) is 5.91 Å². The second-order valence-corrected chi connectivity index (χ2v) is 3.20. The molecule has 0 fully saturated rings. The summed E-state index contributed by atoms with van der Waals surface area (Å²) in [6, 6.07) is 13.5. The molecule has 0 radical (unpaired) electrons. The summed E-state index contributed by atoms with van der Waals surface area (Å²) in [4.78, 5) is 16.0. The Kier molecular flexibility index (Phi) is 2.65. The van der Waals surface area contributed by atoms with Crippen molar-refractivity contribution in [2.24, 2.45) is 0 Å². The first-order valence-electron chi connectivity index (χ1n) is 4.63. The van der Waals surface area contributed by atoms with Crippen LogP contribution < -0.4 is 5.48 Å². The van der Waals surface area contributed by atoms with Gasteiger partial charge in [-0.25, -0.2) is 5.48 Å². The number of rotatable bonds is 2. The molecule has 0 atom stereocenters. The Morgan fingerprint density at radius 3 is 2.27 bits per heavy atom. The van der Waals surface area contributed by atoms with Crippen LogP contribution in [-0.4, -0.2) is 13.0 Å². The van der Waals surface area contributed by atoms with Crippen molar-refractivity contribution in [2.75, 3.05) is 7.11 Å². The zero-order valence-electron chi connectivity index (χ0n) is 8.36. The monoisotopic (exact) mass is 201 g/mol. The fourth-order valence-corrected chi connectivity index (χ4v) is 1.50. The molecule has 0 saturated carbocycles. The van der Waals surface area contributed by atoms with Crippen molar-refractivity contribution in [3.05, 3.63) is 48.0 Å². The molecular weight excluding hydrogens is 190 g/mol. The van der Waals surface area contributed by atoms with Crippen LogP contribution in [0.15, 0.2) is 42.5 Å². The summed E-state index contributed by atoms with van der Waals surface area (Å²) in [5, 5.41) is 0. The Morgan fingerprint density at radius 1 is 1.13 bits per heavy atom.